The molecule has 0 spiro atoms. The summed E-state index contributed by atoms with van der Waals surface area (Å²) < 4.78 is 13.1. The average molecular weight is 482 g/mol. The number of thioether (sulfide) groups is 1. The Morgan fingerprint density at radius 1 is 1.24 bits per heavy atom. The summed E-state index contributed by atoms with van der Waals surface area (Å²) in [6.07, 6.45) is 2.75. The fraction of sp³-hybridized carbons (Fsp3) is 0.346. The number of anilines is 2. The van der Waals surface area contributed by atoms with Crippen LogP contribution in [-0.2, 0) is 9.59 Å². The van der Waals surface area contributed by atoms with Crippen molar-refractivity contribution < 1.29 is 18.8 Å². The van der Waals surface area contributed by atoms with Crippen molar-refractivity contribution in [2.24, 2.45) is 0 Å². The van der Waals surface area contributed by atoms with E-state index in [0.29, 0.717) is 16.5 Å². The fourth-order valence-electron chi connectivity index (χ4n) is 4.54. The minimum atomic E-state index is -0.528. The standard InChI is InChI=1S/C26H28FN3O3S/c1-15-10-21-20(16(2)13-26(3,4)29(21)5)11-17(15)12-22-24(32)30(25(33)34-22)14-23(31)28-19-8-6-18(27)7-9-19/h6-12,16H,13-14H2,1-5H3,(H,28,31)/b22-12-. The van der Waals surface area contributed by atoms with E-state index >= 15 is 0 Å². The molecule has 34 heavy (non-hydrogen) atoms. The maximum Gasteiger partial charge on any atom is 0.294 e. The lowest BCUT2D eigenvalue weighted by Crippen LogP contribution is -2.45. The molecule has 2 heterocycles. The molecule has 1 unspecified atom stereocenters. The minimum absolute atomic E-state index is 0.0531. The van der Waals surface area contributed by atoms with Gasteiger partial charge in [0.2, 0.25) is 5.91 Å². The minimum Gasteiger partial charge on any atom is -0.369 e. The number of amides is 3. The van der Waals surface area contributed by atoms with Gasteiger partial charge in [-0.05, 0) is 104 Å². The van der Waals surface area contributed by atoms with E-state index in [1.807, 2.05) is 6.92 Å². The molecule has 4 rings (SSSR count). The van der Waals surface area contributed by atoms with Crippen molar-refractivity contribution in [1.82, 2.24) is 4.90 Å². The summed E-state index contributed by atoms with van der Waals surface area (Å²) in [5, 5.41) is 2.09. The van der Waals surface area contributed by atoms with Gasteiger partial charge in [0.05, 0.1) is 4.91 Å². The smallest absolute Gasteiger partial charge is 0.294 e. The highest BCUT2D eigenvalue weighted by molar-refractivity contribution is 8.18. The van der Waals surface area contributed by atoms with E-state index in [4.69, 9.17) is 0 Å². The zero-order valence-electron chi connectivity index (χ0n) is 19.9. The van der Waals surface area contributed by atoms with Gasteiger partial charge in [-0.1, -0.05) is 6.92 Å². The number of carbonyl (C=O) groups is 3. The van der Waals surface area contributed by atoms with Crippen molar-refractivity contribution in [3.05, 3.63) is 63.8 Å². The van der Waals surface area contributed by atoms with Crippen LogP contribution < -0.4 is 10.2 Å². The number of aryl methyl sites for hydroxylation is 1. The van der Waals surface area contributed by atoms with Gasteiger partial charge in [0.25, 0.3) is 11.1 Å². The number of nitrogens with one attached hydrogen (secondary N) is 1. The highest BCUT2D eigenvalue weighted by atomic mass is 32.2. The number of nitrogens with zero attached hydrogens (tertiary/aromatic N) is 2. The van der Waals surface area contributed by atoms with Crippen LogP contribution in [-0.4, -0.2) is 41.1 Å². The van der Waals surface area contributed by atoms with Gasteiger partial charge in [0.15, 0.2) is 0 Å². The summed E-state index contributed by atoms with van der Waals surface area (Å²) in [4.78, 5) is 41.3. The zero-order valence-corrected chi connectivity index (χ0v) is 20.8. The third-order valence-corrected chi connectivity index (χ3v) is 7.52. The topological polar surface area (TPSA) is 69.7 Å². The third-order valence-electron chi connectivity index (χ3n) is 6.61. The Morgan fingerprint density at radius 3 is 2.59 bits per heavy atom. The Kier molecular flexibility index (Phi) is 6.29. The predicted molar refractivity (Wildman–Crippen MR) is 134 cm³/mol. The lowest BCUT2D eigenvalue weighted by molar-refractivity contribution is -0.127. The molecule has 0 bridgehead atoms. The molecule has 6 nitrogen and oxygen atoms in total. The molecule has 0 radical (unpaired) electrons. The summed E-state index contributed by atoms with van der Waals surface area (Å²) >= 11 is 0.833. The zero-order chi connectivity index (χ0) is 24.8. The van der Waals surface area contributed by atoms with Crippen LogP contribution in [0.3, 0.4) is 0 Å². The molecule has 3 amide bonds. The van der Waals surface area contributed by atoms with Crippen LogP contribution in [0.4, 0.5) is 20.6 Å². The molecule has 1 N–H and O–H groups in total. The van der Waals surface area contributed by atoms with Crippen molar-refractivity contribution in [3.63, 3.8) is 0 Å². The van der Waals surface area contributed by atoms with Crippen molar-refractivity contribution in [2.45, 2.75) is 45.6 Å². The highest BCUT2D eigenvalue weighted by Gasteiger charge is 2.37. The Morgan fingerprint density at radius 2 is 1.91 bits per heavy atom. The van der Waals surface area contributed by atoms with Crippen LogP contribution in [0, 0.1) is 12.7 Å². The number of carbonyl (C=O) groups excluding carboxylic acids is 3. The van der Waals surface area contributed by atoms with Crippen LogP contribution in [0.1, 0.15) is 49.8 Å². The van der Waals surface area contributed by atoms with Crippen LogP contribution in [0.25, 0.3) is 6.08 Å². The van der Waals surface area contributed by atoms with E-state index in [1.54, 1.807) is 6.08 Å². The molecular weight excluding hydrogens is 453 g/mol. The number of imide groups is 1. The van der Waals surface area contributed by atoms with Crippen molar-refractivity contribution in [1.29, 1.82) is 0 Å². The molecule has 0 aliphatic carbocycles. The molecule has 2 aromatic carbocycles. The monoisotopic (exact) mass is 481 g/mol. The van der Waals surface area contributed by atoms with Gasteiger partial charge in [0, 0.05) is 24.0 Å². The number of halogens is 1. The Balaban J connectivity index is 1.54. The van der Waals surface area contributed by atoms with E-state index in [9.17, 15) is 18.8 Å². The largest absolute Gasteiger partial charge is 0.369 e. The van der Waals surface area contributed by atoms with Crippen molar-refractivity contribution in [2.75, 3.05) is 23.8 Å². The number of hydrogen-bond donors (Lipinski definition) is 1. The second-order valence-electron chi connectivity index (χ2n) is 9.57. The third kappa shape index (κ3) is 4.59. The molecule has 0 saturated carbocycles. The molecule has 2 aliphatic heterocycles. The number of hydrogen-bond acceptors (Lipinski definition) is 5. The maximum atomic E-state index is 13.1. The number of rotatable bonds is 4. The molecule has 1 atom stereocenters. The van der Waals surface area contributed by atoms with Gasteiger partial charge in [0.1, 0.15) is 12.4 Å². The number of benzene rings is 2. The first-order chi connectivity index (χ1) is 16.0. The summed E-state index contributed by atoms with van der Waals surface area (Å²) in [6, 6.07) is 9.52. The first-order valence-electron chi connectivity index (χ1n) is 11.2. The lowest BCUT2D eigenvalue weighted by Gasteiger charge is -2.45. The van der Waals surface area contributed by atoms with Gasteiger partial charge in [-0.3, -0.25) is 19.3 Å². The van der Waals surface area contributed by atoms with Gasteiger partial charge >= 0.3 is 0 Å². The van der Waals surface area contributed by atoms with Crippen molar-refractivity contribution >= 4 is 46.3 Å². The highest BCUT2D eigenvalue weighted by Crippen LogP contribution is 2.44. The SMILES string of the molecule is Cc1cc2c(cc1/C=C1\SC(=O)N(CC(=O)Nc3ccc(F)cc3)C1=O)C(C)CC(C)(C)N2C. The Bertz CT molecular complexity index is 1210. The second kappa shape index (κ2) is 8.91. The quantitative estimate of drug-likeness (QED) is 0.582. The molecular formula is C26H28FN3O3S. The molecule has 1 fully saturated rings. The number of fused-ring (bicyclic) bond motifs is 1. The summed E-state index contributed by atoms with van der Waals surface area (Å²) in [6.45, 7) is 8.27. The van der Waals surface area contributed by atoms with E-state index in [0.717, 1.165) is 34.2 Å². The Labute approximate surface area is 203 Å². The molecule has 0 aromatic heterocycles. The van der Waals surface area contributed by atoms with Gasteiger partial charge in [-0.25, -0.2) is 4.39 Å². The van der Waals surface area contributed by atoms with E-state index in [1.165, 1.54) is 35.5 Å². The molecule has 178 valence electrons. The first-order valence-corrected chi connectivity index (χ1v) is 12.0. The lowest BCUT2D eigenvalue weighted by atomic mass is 9.79. The van der Waals surface area contributed by atoms with E-state index in [-0.39, 0.29) is 5.54 Å². The summed E-state index contributed by atoms with van der Waals surface area (Å²) in [5.74, 6) is -1.08. The van der Waals surface area contributed by atoms with Gasteiger partial charge in [-0.15, -0.1) is 0 Å². The molecule has 2 aromatic rings. The van der Waals surface area contributed by atoms with Crippen LogP contribution in [0.2, 0.25) is 0 Å². The first kappa shape index (κ1) is 24.0. The average Bonchev–Trinajstić information content (AvgIpc) is 3.02. The fourth-order valence-corrected chi connectivity index (χ4v) is 5.37. The van der Waals surface area contributed by atoms with E-state index < -0.39 is 29.4 Å². The molecule has 1 saturated heterocycles. The van der Waals surface area contributed by atoms with Crippen LogP contribution >= 0.6 is 11.8 Å². The van der Waals surface area contributed by atoms with Gasteiger partial charge in [-0.2, -0.15) is 0 Å². The van der Waals surface area contributed by atoms with E-state index in [2.05, 4.69) is 50.2 Å². The predicted octanol–water partition coefficient (Wildman–Crippen LogP) is 5.53. The maximum absolute atomic E-state index is 13.1. The second-order valence-corrected chi connectivity index (χ2v) is 10.6. The summed E-state index contributed by atoms with van der Waals surface area (Å²) in [7, 11) is 2.10. The van der Waals surface area contributed by atoms with Crippen LogP contribution in [0.15, 0.2) is 41.3 Å². The summed E-state index contributed by atoms with van der Waals surface area (Å²) in [5.41, 5.74) is 4.75. The normalized spacial score (nSPS) is 20.6. The molecule has 8 heteroatoms. The molecule has 2 aliphatic rings. The van der Waals surface area contributed by atoms with Crippen LogP contribution in [0.5, 0.6) is 0 Å². The Hall–Kier alpha value is -3.13. The van der Waals surface area contributed by atoms with Crippen molar-refractivity contribution in [3.8, 4) is 0 Å². The van der Waals surface area contributed by atoms with Gasteiger partial charge < -0.3 is 10.2 Å².